The number of hydrogen-bond donors (Lipinski definition) is 0. The van der Waals surface area contributed by atoms with Crippen molar-refractivity contribution in [3.63, 3.8) is 0 Å². The highest BCUT2D eigenvalue weighted by Crippen LogP contribution is 2.34. The first-order chi connectivity index (χ1) is 15.0. The second kappa shape index (κ2) is 9.68. The standard InChI is InChI=1S/C22H27N3O4S2/c1-24(20-8-4-6-17-5-2-3-7-19(17)20)22(26)16-30-21-10-9-18(15-23-21)31(27,28)25-11-13-29-14-12-25/h2-3,5,7,9-10,15,20H,4,6,8,11-14,16H2,1H3. The van der Waals surface area contributed by atoms with Gasteiger partial charge in [-0.1, -0.05) is 36.0 Å². The van der Waals surface area contributed by atoms with Crippen LogP contribution in [0.15, 0.2) is 52.5 Å². The molecule has 7 nitrogen and oxygen atoms in total. The Morgan fingerprint density at radius 1 is 1.23 bits per heavy atom. The molecule has 9 heteroatoms. The van der Waals surface area contributed by atoms with Crippen molar-refractivity contribution in [2.45, 2.75) is 35.2 Å². The summed E-state index contributed by atoms with van der Waals surface area (Å²) in [6.07, 6.45) is 4.48. The third kappa shape index (κ3) is 4.95. The first kappa shape index (κ1) is 22.3. The van der Waals surface area contributed by atoms with Gasteiger partial charge in [0.15, 0.2) is 0 Å². The minimum atomic E-state index is -3.56. The second-order valence-corrected chi connectivity index (χ2v) is 10.7. The average molecular weight is 462 g/mol. The van der Waals surface area contributed by atoms with Gasteiger partial charge < -0.3 is 9.64 Å². The van der Waals surface area contributed by atoms with E-state index in [1.54, 1.807) is 12.1 Å². The van der Waals surface area contributed by atoms with Gasteiger partial charge in [0.2, 0.25) is 15.9 Å². The van der Waals surface area contributed by atoms with Gasteiger partial charge in [-0.15, -0.1) is 0 Å². The van der Waals surface area contributed by atoms with E-state index in [0.717, 1.165) is 19.3 Å². The Bertz CT molecular complexity index is 1020. The van der Waals surface area contributed by atoms with Crippen LogP contribution in [-0.4, -0.2) is 67.6 Å². The summed E-state index contributed by atoms with van der Waals surface area (Å²) in [4.78, 5) is 19.1. The molecular formula is C22H27N3O4S2. The number of carbonyl (C=O) groups is 1. The molecule has 0 N–H and O–H groups in total. The van der Waals surface area contributed by atoms with Crippen LogP contribution >= 0.6 is 11.8 Å². The maximum absolute atomic E-state index is 12.8. The molecule has 1 saturated heterocycles. The summed E-state index contributed by atoms with van der Waals surface area (Å²) in [5, 5.41) is 0.631. The maximum Gasteiger partial charge on any atom is 0.244 e. The van der Waals surface area contributed by atoms with Crippen molar-refractivity contribution in [1.82, 2.24) is 14.2 Å². The molecule has 1 aromatic carbocycles. The molecule has 1 amide bonds. The average Bonchev–Trinajstić information content (AvgIpc) is 2.82. The van der Waals surface area contributed by atoms with E-state index in [4.69, 9.17) is 4.74 Å². The number of aryl methyl sites for hydroxylation is 1. The summed E-state index contributed by atoms with van der Waals surface area (Å²) >= 11 is 1.33. The number of morpholine rings is 1. The molecule has 2 aliphatic rings. The topological polar surface area (TPSA) is 79.8 Å². The number of fused-ring (bicyclic) bond motifs is 1. The highest BCUT2D eigenvalue weighted by Gasteiger charge is 2.28. The molecule has 4 rings (SSSR count). The highest BCUT2D eigenvalue weighted by atomic mass is 32.2. The summed E-state index contributed by atoms with van der Waals surface area (Å²) in [6, 6.07) is 11.7. The summed E-state index contributed by atoms with van der Waals surface area (Å²) in [5.74, 6) is 0.302. The number of pyridine rings is 1. The van der Waals surface area contributed by atoms with Crippen LogP contribution in [0, 0.1) is 0 Å². The van der Waals surface area contributed by atoms with Gasteiger partial charge in [0, 0.05) is 26.3 Å². The van der Waals surface area contributed by atoms with Gasteiger partial charge in [-0.3, -0.25) is 4.79 Å². The molecular weight excluding hydrogens is 434 g/mol. The lowest BCUT2D eigenvalue weighted by molar-refractivity contribution is -0.129. The van der Waals surface area contributed by atoms with Gasteiger partial charge in [0.25, 0.3) is 0 Å². The third-order valence-electron chi connectivity index (χ3n) is 5.86. The molecule has 0 spiro atoms. The molecule has 1 fully saturated rings. The lowest BCUT2D eigenvalue weighted by atomic mass is 9.87. The molecule has 1 aliphatic heterocycles. The van der Waals surface area contributed by atoms with Gasteiger partial charge in [-0.2, -0.15) is 4.31 Å². The van der Waals surface area contributed by atoms with Crippen molar-refractivity contribution < 1.29 is 17.9 Å². The van der Waals surface area contributed by atoms with Crippen molar-refractivity contribution in [1.29, 1.82) is 0 Å². The lowest BCUT2D eigenvalue weighted by Crippen LogP contribution is -2.40. The fourth-order valence-electron chi connectivity index (χ4n) is 4.08. The summed E-state index contributed by atoms with van der Waals surface area (Å²) in [7, 11) is -1.70. The van der Waals surface area contributed by atoms with Gasteiger partial charge in [0.05, 0.1) is 30.0 Å². The lowest BCUT2D eigenvalue weighted by Gasteiger charge is -2.33. The zero-order valence-corrected chi connectivity index (χ0v) is 19.2. The number of ether oxygens (including phenoxy) is 1. The predicted molar refractivity (Wildman–Crippen MR) is 119 cm³/mol. The molecule has 0 bridgehead atoms. The van der Waals surface area contributed by atoms with Gasteiger partial charge in [-0.25, -0.2) is 13.4 Å². The number of benzene rings is 1. The fourth-order valence-corrected chi connectivity index (χ4v) is 6.20. The monoisotopic (exact) mass is 461 g/mol. The Hall–Kier alpha value is -1.94. The largest absolute Gasteiger partial charge is 0.379 e. The SMILES string of the molecule is CN(C(=O)CSc1ccc(S(=O)(=O)N2CCOCC2)cn1)C1CCCc2ccccc21. The third-order valence-corrected chi connectivity index (χ3v) is 8.67. The van der Waals surface area contributed by atoms with E-state index in [0.29, 0.717) is 31.3 Å². The second-order valence-electron chi connectivity index (χ2n) is 7.75. The maximum atomic E-state index is 12.8. The molecule has 2 heterocycles. The van der Waals surface area contributed by atoms with E-state index >= 15 is 0 Å². The summed E-state index contributed by atoms with van der Waals surface area (Å²) in [5.41, 5.74) is 2.56. The molecule has 31 heavy (non-hydrogen) atoms. The highest BCUT2D eigenvalue weighted by molar-refractivity contribution is 7.99. The number of amides is 1. The van der Waals surface area contributed by atoms with Crippen LogP contribution in [0.3, 0.4) is 0 Å². The van der Waals surface area contributed by atoms with Crippen molar-refractivity contribution in [3.8, 4) is 0 Å². The van der Waals surface area contributed by atoms with Crippen LogP contribution in [0.4, 0.5) is 0 Å². The van der Waals surface area contributed by atoms with Gasteiger partial charge >= 0.3 is 0 Å². The predicted octanol–water partition coefficient (Wildman–Crippen LogP) is 2.73. The molecule has 1 aliphatic carbocycles. The summed E-state index contributed by atoms with van der Waals surface area (Å²) < 4.78 is 32.0. The summed E-state index contributed by atoms with van der Waals surface area (Å²) in [6.45, 7) is 1.51. The van der Waals surface area contributed by atoms with Crippen LogP contribution in [0.1, 0.15) is 30.0 Å². The Labute approximate surface area is 187 Å². The minimum Gasteiger partial charge on any atom is -0.379 e. The first-order valence-corrected chi connectivity index (χ1v) is 12.9. The van der Waals surface area contributed by atoms with Crippen LogP contribution in [0.5, 0.6) is 0 Å². The molecule has 1 unspecified atom stereocenters. The van der Waals surface area contributed by atoms with Crippen LogP contribution in [0.25, 0.3) is 0 Å². The van der Waals surface area contributed by atoms with E-state index in [9.17, 15) is 13.2 Å². The number of hydrogen-bond acceptors (Lipinski definition) is 6. The normalized spacial score (nSPS) is 19.6. The zero-order chi connectivity index (χ0) is 21.8. The number of thioether (sulfide) groups is 1. The van der Waals surface area contributed by atoms with E-state index in [1.807, 2.05) is 24.1 Å². The number of nitrogens with zero attached hydrogens (tertiary/aromatic N) is 3. The quantitative estimate of drug-likeness (QED) is 0.616. The molecule has 0 saturated carbocycles. The Morgan fingerprint density at radius 3 is 2.74 bits per heavy atom. The van der Waals surface area contributed by atoms with Crippen LogP contribution in [-0.2, 0) is 26.0 Å². The number of aromatic nitrogens is 1. The zero-order valence-electron chi connectivity index (χ0n) is 17.6. The Morgan fingerprint density at radius 2 is 2.00 bits per heavy atom. The molecule has 2 aromatic rings. The molecule has 1 atom stereocenters. The van der Waals surface area contributed by atoms with Crippen LogP contribution in [0.2, 0.25) is 0 Å². The van der Waals surface area contributed by atoms with E-state index < -0.39 is 10.0 Å². The van der Waals surface area contributed by atoms with E-state index in [2.05, 4.69) is 17.1 Å². The molecule has 166 valence electrons. The fraction of sp³-hybridized carbons (Fsp3) is 0.455. The van der Waals surface area contributed by atoms with Crippen molar-refractivity contribution in [2.75, 3.05) is 39.1 Å². The van der Waals surface area contributed by atoms with Crippen molar-refractivity contribution >= 4 is 27.7 Å². The van der Waals surface area contributed by atoms with Crippen molar-refractivity contribution in [3.05, 3.63) is 53.7 Å². The first-order valence-electron chi connectivity index (χ1n) is 10.5. The van der Waals surface area contributed by atoms with E-state index in [1.165, 1.54) is 33.4 Å². The van der Waals surface area contributed by atoms with Crippen molar-refractivity contribution in [2.24, 2.45) is 0 Å². The van der Waals surface area contributed by atoms with Crippen LogP contribution < -0.4 is 0 Å². The number of sulfonamides is 1. The Balaban J connectivity index is 1.37. The smallest absolute Gasteiger partial charge is 0.244 e. The van der Waals surface area contributed by atoms with E-state index in [-0.39, 0.29) is 22.6 Å². The van der Waals surface area contributed by atoms with Gasteiger partial charge in [0.1, 0.15) is 4.90 Å². The number of carbonyl (C=O) groups excluding carboxylic acids is 1. The number of rotatable bonds is 6. The molecule has 1 aromatic heterocycles. The minimum absolute atomic E-state index is 0.0403. The van der Waals surface area contributed by atoms with Gasteiger partial charge in [-0.05, 0) is 42.5 Å². The Kier molecular flexibility index (Phi) is 6.95. The molecule has 0 radical (unpaired) electrons.